The maximum atomic E-state index is 11.5. The highest BCUT2D eigenvalue weighted by Crippen LogP contribution is 2.22. The standard InChI is InChI=1S/C13H18N4O2S/c1-4-14-13(12-9-15-16-17(12)2)10-5-7-11(8-6-10)20(3,18)19/h5-9,13-14H,4H2,1-3H3. The summed E-state index contributed by atoms with van der Waals surface area (Å²) in [5.41, 5.74) is 1.91. The maximum absolute atomic E-state index is 11.5. The van der Waals surface area contributed by atoms with Crippen LogP contribution in [0.1, 0.15) is 24.2 Å². The van der Waals surface area contributed by atoms with Crippen LogP contribution in [-0.2, 0) is 16.9 Å². The average Bonchev–Trinajstić information content (AvgIpc) is 2.81. The van der Waals surface area contributed by atoms with Gasteiger partial charge in [-0.3, -0.25) is 4.68 Å². The molecule has 0 fully saturated rings. The average molecular weight is 294 g/mol. The molecule has 0 bridgehead atoms. The number of nitrogens with one attached hydrogen (secondary N) is 1. The van der Waals surface area contributed by atoms with Gasteiger partial charge in [0.2, 0.25) is 0 Å². The molecule has 108 valence electrons. The molecule has 0 spiro atoms. The van der Waals surface area contributed by atoms with Crippen LogP contribution < -0.4 is 5.32 Å². The number of aryl methyl sites for hydroxylation is 1. The van der Waals surface area contributed by atoms with Crippen LogP contribution in [0.5, 0.6) is 0 Å². The molecule has 20 heavy (non-hydrogen) atoms. The SMILES string of the molecule is CCNC(c1ccc(S(C)(=O)=O)cc1)c1cnnn1C. The van der Waals surface area contributed by atoms with Crippen molar-refractivity contribution in [1.29, 1.82) is 0 Å². The van der Waals surface area contributed by atoms with E-state index in [9.17, 15) is 8.42 Å². The summed E-state index contributed by atoms with van der Waals surface area (Å²) in [4.78, 5) is 0.319. The maximum Gasteiger partial charge on any atom is 0.175 e. The zero-order chi connectivity index (χ0) is 14.8. The van der Waals surface area contributed by atoms with Gasteiger partial charge in [-0.2, -0.15) is 0 Å². The molecular formula is C13H18N4O2S. The lowest BCUT2D eigenvalue weighted by molar-refractivity contribution is 0.567. The highest BCUT2D eigenvalue weighted by molar-refractivity contribution is 7.90. The fourth-order valence-corrected chi connectivity index (χ4v) is 2.69. The Labute approximate surface area is 118 Å². The number of rotatable bonds is 5. The molecule has 1 unspecified atom stereocenters. The van der Waals surface area contributed by atoms with Crippen molar-refractivity contribution < 1.29 is 8.42 Å². The van der Waals surface area contributed by atoms with Crippen molar-refractivity contribution in [3.63, 3.8) is 0 Å². The molecule has 6 nitrogen and oxygen atoms in total. The molecule has 1 N–H and O–H groups in total. The van der Waals surface area contributed by atoms with Gasteiger partial charge in [0.1, 0.15) is 0 Å². The van der Waals surface area contributed by atoms with Crippen LogP contribution in [0.4, 0.5) is 0 Å². The summed E-state index contributed by atoms with van der Waals surface area (Å²) in [5.74, 6) is 0. The van der Waals surface area contributed by atoms with E-state index in [1.165, 1.54) is 6.26 Å². The van der Waals surface area contributed by atoms with Crippen LogP contribution in [0.2, 0.25) is 0 Å². The van der Waals surface area contributed by atoms with E-state index in [1.54, 1.807) is 23.0 Å². The molecule has 0 aliphatic rings. The Morgan fingerprint density at radius 3 is 2.40 bits per heavy atom. The molecule has 0 amide bonds. The number of benzene rings is 1. The van der Waals surface area contributed by atoms with Gasteiger partial charge in [-0.1, -0.05) is 24.3 Å². The smallest absolute Gasteiger partial charge is 0.175 e. The van der Waals surface area contributed by atoms with Crippen molar-refractivity contribution in [3.8, 4) is 0 Å². The highest BCUT2D eigenvalue weighted by Gasteiger charge is 2.17. The second-order valence-electron chi connectivity index (χ2n) is 4.61. The predicted molar refractivity (Wildman–Crippen MR) is 76.1 cm³/mol. The number of aromatic nitrogens is 3. The molecule has 0 aliphatic carbocycles. The quantitative estimate of drug-likeness (QED) is 0.887. The minimum Gasteiger partial charge on any atom is -0.305 e. The Kier molecular flexibility index (Phi) is 4.20. The van der Waals surface area contributed by atoms with E-state index in [4.69, 9.17) is 0 Å². The van der Waals surface area contributed by atoms with Gasteiger partial charge in [0.05, 0.1) is 22.8 Å². The topological polar surface area (TPSA) is 76.9 Å². The first-order chi connectivity index (χ1) is 9.43. The normalized spacial score (nSPS) is 13.3. The van der Waals surface area contributed by atoms with Crippen molar-refractivity contribution in [3.05, 3.63) is 41.7 Å². The fraction of sp³-hybridized carbons (Fsp3) is 0.385. The van der Waals surface area contributed by atoms with Gasteiger partial charge in [-0.05, 0) is 24.2 Å². The Bertz CT molecular complexity index is 677. The van der Waals surface area contributed by atoms with Crippen LogP contribution in [0.15, 0.2) is 35.4 Å². The first-order valence-corrected chi connectivity index (χ1v) is 8.20. The van der Waals surface area contributed by atoms with E-state index in [0.29, 0.717) is 4.90 Å². The molecule has 0 saturated heterocycles. The van der Waals surface area contributed by atoms with Crippen molar-refractivity contribution in [2.45, 2.75) is 17.9 Å². The summed E-state index contributed by atoms with van der Waals surface area (Å²) in [6.45, 7) is 2.80. The summed E-state index contributed by atoms with van der Waals surface area (Å²) in [6.07, 6.45) is 2.91. The molecule has 2 aromatic rings. The van der Waals surface area contributed by atoms with Gasteiger partial charge in [0.15, 0.2) is 9.84 Å². The number of hydrogen-bond donors (Lipinski definition) is 1. The molecule has 7 heteroatoms. The minimum absolute atomic E-state index is 0.0615. The highest BCUT2D eigenvalue weighted by atomic mass is 32.2. The molecular weight excluding hydrogens is 276 g/mol. The van der Waals surface area contributed by atoms with Crippen LogP contribution >= 0.6 is 0 Å². The van der Waals surface area contributed by atoms with Crippen molar-refractivity contribution in [2.75, 3.05) is 12.8 Å². The van der Waals surface area contributed by atoms with Crippen LogP contribution in [0.25, 0.3) is 0 Å². The van der Waals surface area contributed by atoms with Crippen molar-refractivity contribution in [1.82, 2.24) is 20.3 Å². The molecule has 1 aromatic carbocycles. The monoisotopic (exact) mass is 294 g/mol. The third-order valence-electron chi connectivity index (χ3n) is 3.10. The van der Waals surface area contributed by atoms with E-state index in [2.05, 4.69) is 15.6 Å². The Hall–Kier alpha value is -1.73. The Morgan fingerprint density at radius 2 is 1.95 bits per heavy atom. The zero-order valence-corrected chi connectivity index (χ0v) is 12.6. The van der Waals surface area contributed by atoms with Gasteiger partial charge < -0.3 is 5.32 Å². The Balaban J connectivity index is 2.38. The van der Waals surface area contributed by atoms with Crippen molar-refractivity contribution in [2.24, 2.45) is 7.05 Å². The van der Waals surface area contributed by atoms with Gasteiger partial charge in [0, 0.05) is 13.3 Å². The number of hydrogen-bond acceptors (Lipinski definition) is 5. The van der Waals surface area contributed by atoms with E-state index >= 15 is 0 Å². The molecule has 0 radical (unpaired) electrons. The summed E-state index contributed by atoms with van der Waals surface area (Å²) in [6, 6.07) is 6.82. The molecule has 1 atom stereocenters. The summed E-state index contributed by atoms with van der Waals surface area (Å²) < 4.78 is 24.7. The lowest BCUT2D eigenvalue weighted by atomic mass is 10.0. The second-order valence-corrected chi connectivity index (χ2v) is 6.63. The first-order valence-electron chi connectivity index (χ1n) is 6.31. The van der Waals surface area contributed by atoms with Gasteiger partial charge in [-0.15, -0.1) is 5.10 Å². The van der Waals surface area contributed by atoms with Crippen LogP contribution in [-0.4, -0.2) is 36.2 Å². The number of nitrogens with zero attached hydrogens (tertiary/aromatic N) is 3. The van der Waals surface area contributed by atoms with E-state index in [0.717, 1.165) is 17.8 Å². The first kappa shape index (κ1) is 14.7. The minimum atomic E-state index is -3.17. The molecule has 0 saturated carbocycles. The lowest BCUT2D eigenvalue weighted by Gasteiger charge is -2.18. The largest absolute Gasteiger partial charge is 0.305 e. The van der Waals surface area contributed by atoms with E-state index < -0.39 is 9.84 Å². The summed E-state index contributed by atoms with van der Waals surface area (Å²) in [5, 5.41) is 11.2. The third kappa shape index (κ3) is 3.05. The third-order valence-corrected chi connectivity index (χ3v) is 4.22. The summed E-state index contributed by atoms with van der Waals surface area (Å²) >= 11 is 0. The van der Waals surface area contributed by atoms with Gasteiger partial charge in [-0.25, -0.2) is 8.42 Å². The van der Waals surface area contributed by atoms with E-state index in [1.807, 2.05) is 26.1 Å². The second kappa shape index (κ2) is 5.72. The van der Waals surface area contributed by atoms with Crippen LogP contribution in [0, 0.1) is 0 Å². The molecule has 1 heterocycles. The predicted octanol–water partition coefficient (Wildman–Crippen LogP) is 0.917. The fourth-order valence-electron chi connectivity index (χ4n) is 2.06. The molecule has 2 rings (SSSR count). The van der Waals surface area contributed by atoms with Gasteiger partial charge >= 0.3 is 0 Å². The van der Waals surface area contributed by atoms with Gasteiger partial charge in [0.25, 0.3) is 0 Å². The number of sulfone groups is 1. The van der Waals surface area contributed by atoms with Crippen LogP contribution in [0.3, 0.4) is 0 Å². The molecule has 0 aliphatic heterocycles. The Morgan fingerprint density at radius 1 is 1.30 bits per heavy atom. The zero-order valence-electron chi connectivity index (χ0n) is 11.7. The van der Waals surface area contributed by atoms with Crippen molar-refractivity contribution >= 4 is 9.84 Å². The van der Waals surface area contributed by atoms with E-state index in [-0.39, 0.29) is 6.04 Å². The lowest BCUT2D eigenvalue weighted by Crippen LogP contribution is -2.24. The molecule has 1 aromatic heterocycles. The summed E-state index contributed by atoms with van der Waals surface area (Å²) in [7, 11) is -1.34.